The molecule has 0 aliphatic heterocycles. The number of nitro groups is 1. The monoisotopic (exact) mass is 379 g/mol. The molecule has 0 unspecified atom stereocenters. The van der Waals surface area contributed by atoms with Gasteiger partial charge in [-0.25, -0.2) is 4.99 Å². The maximum Gasteiger partial charge on any atom is 0.438 e. The Bertz CT molecular complexity index is 1040. The van der Waals surface area contributed by atoms with Crippen LogP contribution in [0.2, 0.25) is 10.0 Å². The van der Waals surface area contributed by atoms with Gasteiger partial charge in [0.25, 0.3) is 5.49 Å². The quantitative estimate of drug-likeness (QED) is 0.426. The molecule has 0 saturated heterocycles. The standard InChI is InChI=1S/C15H11Cl2N5O3/c1-9-12(17)6-3-7-13(9)18-14-15(22(24)25)19-20(21(14)23)11-5-2-4-10(16)8-11/h2-8,23H,1H3. The van der Waals surface area contributed by atoms with Gasteiger partial charge in [-0.05, 0) is 52.5 Å². The van der Waals surface area contributed by atoms with E-state index >= 15 is 0 Å². The van der Waals surface area contributed by atoms with Crippen LogP contribution in [-0.4, -0.2) is 24.9 Å². The summed E-state index contributed by atoms with van der Waals surface area (Å²) in [5, 5.41) is 26.3. The number of halogens is 2. The molecule has 10 heteroatoms. The van der Waals surface area contributed by atoms with Gasteiger partial charge in [-0.1, -0.05) is 40.2 Å². The molecular formula is C15H11Cl2N5O3. The maximum absolute atomic E-state index is 11.3. The van der Waals surface area contributed by atoms with Crippen LogP contribution in [0.3, 0.4) is 0 Å². The lowest BCUT2D eigenvalue weighted by Gasteiger charge is -2.02. The minimum Gasteiger partial charge on any atom is -0.409 e. The molecule has 25 heavy (non-hydrogen) atoms. The molecule has 0 fully saturated rings. The van der Waals surface area contributed by atoms with Crippen molar-refractivity contribution in [3.63, 3.8) is 0 Å². The molecule has 3 rings (SSSR count). The van der Waals surface area contributed by atoms with Gasteiger partial charge in [0.2, 0.25) is 0 Å². The molecule has 1 N–H and O–H groups in total. The van der Waals surface area contributed by atoms with Gasteiger partial charge in [-0.15, -0.1) is 0 Å². The molecule has 0 amide bonds. The van der Waals surface area contributed by atoms with Gasteiger partial charge in [0.1, 0.15) is 5.69 Å². The Morgan fingerprint density at radius 2 is 1.96 bits per heavy atom. The van der Waals surface area contributed by atoms with Crippen LogP contribution in [0.15, 0.2) is 47.5 Å². The number of hydrogen-bond acceptors (Lipinski definition) is 5. The number of rotatable bonds is 3. The van der Waals surface area contributed by atoms with Crippen molar-refractivity contribution in [3.8, 4) is 5.69 Å². The first kappa shape index (κ1) is 17.0. The average molecular weight is 380 g/mol. The van der Waals surface area contributed by atoms with Crippen LogP contribution in [0.5, 0.6) is 0 Å². The van der Waals surface area contributed by atoms with E-state index in [4.69, 9.17) is 23.2 Å². The Kier molecular flexibility index (Phi) is 4.47. The molecule has 8 nitrogen and oxygen atoms in total. The van der Waals surface area contributed by atoms with Crippen molar-refractivity contribution in [3.05, 3.63) is 73.7 Å². The largest absolute Gasteiger partial charge is 0.438 e. The lowest BCUT2D eigenvalue weighted by atomic mass is 10.2. The molecular weight excluding hydrogens is 369 g/mol. The predicted molar refractivity (Wildman–Crippen MR) is 91.8 cm³/mol. The first-order valence-electron chi connectivity index (χ1n) is 7.00. The fraction of sp³-hybridized carbons (Fsp3) is 0.0667. The zero-order chi connectivity index (χ0) is 18.1. The van der Waals surface area contributed by atoms with E-state index in [0.29, 0.717) is 31.8 Å². The Balaban J connectivity index is 2.28. The highest BCUT2D eigenvalue weighted by Gasteiger charge is 2.24. The summed E-state index contributed by atoms with van der Waals surface area (Å²) in [5.74, 6) is -0.609. The van der Waals surface area contributed by atoms with Gasteiger partial charge < -0.3 is 15.3 Å². The fourth-order valence-corrected chi connectivity index (χ4v) is 2.52. The highest BCUT2D eigenvalue weighted by Crippen LogP contribution is 2.25. The second kappa shape index (κ2) is 6.58. The van der Waals surface area contributed by atoms with E-state index in [1.54, 1.807) is 43.3 Å². The molecule has 1 aromatic heterocycles. The molecule has 2 aromatic carbocycles. The zero-order valence-corrected chi connectivity index (χ0v) is 14.3. The van der Waals surface area contributed by atoms with Crippen molar-refractivity contribution in [1.82, 2.24) is 14.7 Å². The molecule has 0 atom stereocenters. The average Bonchev–Trinajstić information content (AvgIpc) is 2.89. The van der Waals surface area contributed by atoms with E-state index in [-0.39, 0.29) is 5.49 Å². The van der Waals surface area contributed by atoms with Crippen LogP contribution in [0.4, 0.5) is 11.5 Å². The predicted octanol–water partition coefficient (Wildman–Crippen LogP) is 3.67. The minimum absolute atomic E-state index is 0.336. The van der Waals surface area contributed by atoms with Crippen LogP contribution in [0, 0.1) is 17.0 Å². The van der Waals surface area contributed by atoms with E-state index < -0.39 is 10.7 Å². The number of benzene rings is 2. The molecule has 0 saturated carbocycles. The Hall–Kier alpha value is -2.84. The van der Waals surface area contributed by atoms with Gasteiger partial charge in [0.15, 0.2) is 0 Å². The minimum atomic E-state index is -0.730. The second-order valence-corrected chi connectivity index (χ2v) is 5.90. The number of nitrogens with zero attached hydrogens (tertiary/aromatic N) is 5. The summed E-state index contributed by atoms with van der Waals surface area (Å²) >= 11 is 12.0. The van der Waals surface area contributed by atoms with Crippen molar-refractivity contribution in [2.45, 2.75) is 6.92 Å². The molecule has 0 aliphatic rings. The summed E-state index contributed by atoms with van der Waals surface area (Å²) in [4.78, 5) is 16.2. The Labute approximate surface area is 151 Å². The SMILES string of the molecule is Cc1c(Cl)cccc1N=c1c([N+](=O)[O-])nn(-c2cccc(Cl)c2)n1O. The van der Waals surface area contributed by atoms with Crippen molar-refractivity contribution < 1.29 is 10.1 Å². The van der Waals surface area contributed by atoms with Gasteiger partial charge >= 0.3 is 5.82 Å². The van der Waals surface area contributed by atoms with Crippen molar-refractivity contribution in [1.29, 1.82) is 0 Å². The molecule has 128 valence electrons. The van der Waals surface area contributed by atoms with Gasteiger partial charge in [0, 0.05) is 10.0 Å². The Morgan fingerprint density at radius 1 is 1.24 bits per heavy atom. The van der Waals surface area contributed by atoms with Crippen LogP contribution >= 0.6 is 23.2 Å². The lowest BCUT2D eigenvalue weighted by molar-refractivity contribution is -0.391. The molecule has 3 aromatic rings. The van der Waals surface area contributed by atoms with E-state index in [1.807, 2.05) is 0 Å². The highest BCUT2D eigenvalue weighted by atomic mass is 35.5. The maximum atomic E-state index is 11.3. The van der Waals surface area contributed by atoms with Gasteiger partial charge in [-0.2, -0.15) is 0 Å². The molecule has 0 spiro atoms. The van der Waals surface area contributed by atoms with Gasteiger partial charge in [0.05, 0.1) is 10.8 Å². The van der Waals surface area contributed by atoms with E-state index in [9.17, 15) is 15.3 Å². The molecule has 0 aliphatic carbocycles. The third kappa shape index (κ3) is 3.21. The summed E-state index contributed by atoms with van der Waals surface area (Å²) in [6.07, 6.45) is 0. The second-order valence-electron chi connectivity index (χ2n) is 5.06. The first-order valence-corrected chi connectivity index (χ1v) is 7.76. The third-order valence-corrected chi connectivity index (χ3v) is 4.08. The fourth-order valence-electron chi connectivity index (χ4n) is 2.17. The smallest absolute Gasteiger partial charge is 0.409 e. The summed E-state index contributed by atoms with van der Waals surface area (Å²) in [6.45, 7) is 1.72. The number of hydrogen-bond donors (Lipinski definition) is 1. The van der Waals surface area contributed by atoms with Crippen molar-refractivity contribution in [2.75, 3.05) is 0 Å². The van der Waals surface area contributed by atoms with Crippen LogP contribution in [0.1, 0.15) is 5.56 Å². The molecule has 1 heterocycles. The van der Waals surface area contributed by atoms with Crippen molar-refractivity contribution >= 4 is 34.7 Å². The normalized spacial score (nSPS) is 11.7. The van der Waals surface area contributed by atoms with Crippen LogP contribution in [-0.2, 0) is 0 Å². The Morgan fingerprint density at radius 3 is 2.64 bits per heavy atom. The summed E-state index contributed by atoms with van der Waals surface area (Å²) in [7, 11) is 0. The lowest BCUT2D eigenvalue weighted by Crippen LogP contribution is -2.22. The van der Waals surface area contributed by atoms with Crippen LogP contribution in [0.25, 0.3) is 5.69 Å². The van der Waals surface area contributed by atoms with E-state index in [2.05, 4.69) is 10.1 Å². The number of aromatic nitrogens is 3. The zero-order valence-electron chi connectivity index (χ0n) is 12.8. The summed E-state index contributed by atoms with van der Waals surface area (Å²) < 4.78 is 0. The summed E-state index contributed by atoms with van der Waals surface area (Å²) in [5.41, 5.74) is 0.996. The summed E-state index contributed by atoms with van der Waals surface area (Å²) in [6, 6.07) is 11.3. The molecule has 0 radical (unpaired) electrons. The van der Waals surface area contributed by atoms with Crippen LogP contribution < -0.4 is 5.49 Å². The van der Waals surface area contributed by atoms with Crippen molar-refractivity contribution in [2.24, 2.45) is 4.99 Å². The third-order valence-electron chi connectivity index (χ3n) is 3.44. The first-order chi connectivity index (χ1) is 11.9. The van der Waals surface area contributed by atoms with Gasteiger partial charge in [-0.3, -0.25) is 0 Å². The van der Waals surface area contributed by atoms with E-state index in [1.165, 1.54) is 6.07 Å². The highest BCUT2D eigenvalue weighted by molar-refractivity contribution is 6.31. The topological polar surface area (TPSA) is 98.5 Å². The molecule has 0 bridgehead atoms. The van der Waals surface area contributed by atoms with E-state index in [0.717, 1.165) is 4.80 Å².